The number of rotatable bonds is 3. The number of hydrogen-bond acceptors (Lipinski definition) is 3. The Hall–Kier alpha value is -1.59. The molecule has 1 unspecified atom stereocenters. The molecule has 0 bridgehead atoms. The van der Waals surface area contributed by atoms with E-state index >= 15 is 0 Å². The van der Waals surface area contributed by atoms with Crippen molar-refractivity contribution in [1.29, 1.82) is 0 Å². The zero-order valence-electron chi connectivity index (χ0n) is 9.60. The monoisotopic (exact) mass is 224 g/mol. The van der Waals surface area contributed by atoms with E-state index in [1.165, 1.54) is 7.11 Å². The number of hydroxylamine groups is 2. The lowest BCUT2D eigenvalue weighted by Gasteiger charge is -2.21. The summed E-state index contributed by atoms with van der Waals surface area (Å²) in [5, 5.41) is 12.5. The summed E-state index contributed by atoms with van der Waals surface area (Å²) in [6, 6.07) is 6.70. The fraction of sp³-hybridized carbons (Fsp3) is 0.364. The molecule has 0 spiro atoms. The highest BCUT2D eigenvalue weighted by Gasteiger charge is 2.17. The van der Waals surface area contributed by atoms with E-state index in [2.05, 4.69) is 5.32 Å². The lowest BCUT2D eigenvalue weighted by molar-refractivity contribution is -0.155. The number of ether oxygens (including phenoxy) is 1. The Morgan fingerprint density at radius 3 is 2.69 bits per heavy atom. The zero-order valence-corrected chi connectivity index (χ0v) is 9.60. The standard InChI is InChI=1S/C11H16N2O3/c1-8-6-4-5-7-10(8)12-11(14)13(15)9(2)16-3/h4-7,9,15H,1-3H3,(H,12,14). The fourth-order valence-electron chi connectivity index (χ4n) is 1.15. The lowest BCUT2D eigenvalue weighted by Crippen LogP contribution is -2.39. The summed E-state index contributed by atoms with van der Waals surface area (Å²) >= 11 is 0. The molecular formula is C11H16N2O3. The maximum Gasteiger partial charge on any atom is 0.348 e. The highest BCUT2D eigenvalue weighted by atomic mass is 16.6. The topological polar surface area (TPSA) is 61.8 Å². The number of aryl methyl sites for hydroxylation is 1. The quantitative estimate of drug-likeness (QED) is 0.470. The zero-order chi connectivity index (χ0) is 12.1. The number of para-hydroxylation sites is 1. The first-order valence-electron chi connectivity index (χ1n) is 4.93. The molecule has 16 heavy (non-hydrogen) atoms. The van der Waals surface area contributed by atoms with Crippen LogP contribution in [0.5, 0.6) is 0 Å². The van der Waals surface area contributed by atoms with Gasteiger partial charge in [0.05, 0.1) is 0 Å². The van der Waals surface area contributed by atoms with E-state index in [1.54, 1.807) is 13.0 Å². The van der Waals surface area contributed by atoms with E-state index in [0.717, 1.165) is 5.56 Å². The predicted molar refractivity (Wildman–Crippen MR) is 60.3 cm³/mol. The van der Waals surface area contributed by atoms with E-state index < -0.39 is 12.3 Å². The average Bonchev–Trinajstić information content (AvgIpc) is 2.30. The van der Waals surface area contributed by atoms with Crippen molar-refractivity contribution in [2.24, 2.45) is 0 Å². The van der Waals surface area contributed by atoms with Crippen LogP contribution in [0.15, 0.2) is 24.3 Å². The van der Waals surface area contributed by atoms with Crippen molar-refractivity contribution < 1.29 is 14.7 Å². The molecule has 5 nitrogen and oxygen atoms in total. The molecule has 0 heterocycles. The summed E-state index contributed by atoms with van der Waals surface area (Å²) in [6.07, 6.45) is -0.691. The van der Waals surface area contributed by atoms with Gasteiger partial charge >= 0.3 is 6.03 Å². The van der Waals surface area contributed by atoms with Crippen LogP contribution in [-0.4, -0.2) is 29.6 Å². The third-order valence-electron chi connectivity index (χ3n) is 2.28. The number of anilines is 1. The minimum atomic E-state index is -0.691. The van der Waals surface area contributed by atoms with Crippen LogP contribution in [0.3, 0.4) is 0 Å². The molecule has 0 aliphatic carbocycles. The van der Waals surface area contributed by atoms with Gasteiger partial charge in [0.25, 0.3) is 0 Å². The second kappa shape index (κ2) is 5.48. The average molecular weight is 224 g/mol. The number of methoxy groups -OCH3 is 1. The Bertz CT molecular complexity index is 368. The number of nitrogens with one attached hydrogen (secondary N) is 1. The first-order chi connectivity index (χ1) is 7.56. The third kappa shape index (κ3) is 2.95. The summed E-state index contributed by atoms with van der Waals surface area (Å²) in [5.74, 6) is 0. The van der Waals surface area contributed by atoms with Crippen molar-refractivity contribution in [3.05, 3.63) is 29.8 Å². The van der Waals surface area contributed by atoms with Crippen LogP contribution in [0.4, 0.5) is 10.5 Å². The number of carbonyl (C=O) groups is 1. The Morgan fingerprint density at radius 2 is 2.12 bits per heavy atom. The van der Waals surface area contributed by atoms with Gasteiger partial charge in [0.2, 0.25) is 0 Å². The van der Waals surface area contributed by atoms with Gasteiger partial charge in [0.1, 0.15) is 0 Å². The first-order valence-corrected chi connectivity index (χ1v) is 4.93. The van der Waals surface area contributed by atoms with E-state index in [4.69, 9.17) is 4.74 Å². The van der Waals surface area contributed by atoms with Crippen molar-refractivity contribution in [1.82, 2.24) is 5.06 Å². The highest BCUT2D eigenvalue weighted by Crippen LogP contribution is 2.13. The van der Waals surface area contributed by atoms with Gasteiger partial charge in [-0.25, -0.2) is 4.79 Å². The van der Waals surface area contributed by atoms with Gasteiger partial charge in [-0.1, -0.05) is 18.2 Å². The van der Waals surface area contributed by atoms with Gasteiger partial charge in [0.15, 0.2) is 6.23 Å². The van der Waals surface area contributed by atoms with Crippen LogP contribution in [0.2, 0.25) is 0 Å². The van der Waals surface area contributed by atoms with Crippen molar-refractivity contribution in [3.8, 4) is 0 Å². The second-order valence-corrected chi connectivity index (χ2v) is 3.42. The van der Waals surface area contributed by atoms with Crippen LogP contribution in [0, 0.1) is 6.92 Å². The molecule has 5 heteroatoms. The molecule has 1 aromatic carbocycles. The van der Waals surface area contributed by atoms with E-state index in [9.17, 15) is 10.0 Å². The van der Waals surface area contributed by atoms with Crippen LogP contribution in [-0.2, 0) is 4.74 Å². The number of benzene rings is 1. The number of amides is 2. The minimum absolute atomic E-state index is 0.506. The third-order valence-corrected chi connectivity index (χ3v) is 2.28. The van der Waals surface area contributed by atoms with E-state index in [0.29, 0.717) is 10.8 Å². The SMILES string of the molecule is COC(C)N(O)C(=O)Nc1ccccc1C. The summed E-state index contributed by atoms with van der Waals surface area (Å²) < 4.78 is 4.82. The summed E-state index contributed by atoms with van der Waals surface area (Å²) in [4.78, 5) is 11.5. The Balaban J connectivity index is 2.68. The molecule has 0 radical (unpaired) electrons. The lowest BCUT2D eigenvalue weighted by atomic mass is 10.2. The molecule has 0 saturated heterocycles. The molecule has 0 fully saturated rings. The minimum Gasteiger partial charge on any atom is -0.359 e. The maximum absolute atomic E-state index is 11.5. The molecule has 0 aromatic heterocycles. The number of carbonyl (C=O) groups excluding carboxylic acids is 1. The van der Waals surface area contributed by atoms with Crippen molar-refractivity contribution in [2.45, 2.75) is 20.1 Å². The van der Waals surface area contributed by atoms with Crippen molar-refractivity contribution in [3.63, 3.8) is 0 Å². The van der Waals surface area contributed by atoms with Crippen molar-refractivity contribution >= 4 is 11.7 Å². The number of urea groups is 1. The molecule has 0 aliphatic heterocycles. The summed E-state index contributed by atoms with van der Waals surface area (Å²) in [6.45, 7) is 3.44. The normalized spacial score (nSPS) is 12.0. The smallest absolute Gasteiger partial charge is 0.348 e. The molecule has 2 amide bonds. The van der Waals surface area contributed by atoms with Crippen LogP contribution < -0.4 is 5.32 Å². The number of hydrogen-bond donors (Lipinski definition) is 2. The Kier molecular flexibility index (Phi) is 4.28. The van der Waals surface area contributed by atoms with E-state index in [-0.39, 0.29) is 0 Å². The highest BCUT2D eigenvalue weighted by molar-refractivity contribution is 5.89. The van der Waals surface area contributed by atoms with Crippen LogP contribution >= 0.6 is 0 Å². The van der Waals surface area contributed by atoms with Gasteiger partial charge in [0, 0.05) is 12.8 Å². The van der Waals surface area contributed by atoms with Crippen molar-refractivity contribution in [2.75, 3.05) is 12.4 Å². The molecule has 0 saturated carbocycles. The molecule has 88 valence electrons. The van der Waals surface area contributed by atoms with Gasteiger partial charge in [-0.15, -0.1) is 0 Å². The van der Waals surface area contributed by atoms with Crippen LogP contribution in [0.1, 0.15) is 12.5 Å². The fourth-order valence-corrected chi connectivity index (χ4v) is 1.15. The van der Waals surface area contributed by atoms with Gasteiger partial charge in [-0.05, 0) is 25.5 Å². The first kappa shape index (κ1) is 12.5. The molecule has 1 aromatic rings. The summed E-state index contributed by atoms with van der Waals surface area (Å²) in [7, 11) is 1.41. The molecule has 1 rings (SSSR count). The van der Waals surface area contributed by atoms with E-state index in [1.807, 2.05) is 25.1 Å². The second-order valence-electron chi connectivity index (χ2n) is 3.42. The maximum atomic E-state index is 11.5. The van der Waals surface area contributed by atoms with Gasteiger partial charge in [-0.2, -0.15) is 5.06 Å². The van der Waals surface area contributed by atoms with Gasteiger partial charge in [-0.3, -0.25) is 5.21 Å². The van der Waals surface area contributed by atoms with Crippen LogP contribution in [0.25, 0.3) is 0 Å². The largest absolute Gasteiger partial charge is 0.359 e. The predicted octanol–water partition coefficient (Wildman–Crippen LogP) is 2.21. The Labute approximate surface area is 94.6 Å². The Morgan fingerprint density at radius 1 is 1.50 bits per heavy atom. The summed E-state index contributed by atoms with van der Waals surface area (Å²) in [5.41, 5.74) is 1.59. The molecular weight excluding hydrogens is 208 g/mol. The molecule has 2 N–H and O–H groups in total. The van der Waals surface area contributed by atoms with Gasteiger partial charge < -0.3 is 10.1 Å². The number of nitrogens with zero attached hydrogens (tertiary/aromatic N) is 1. The molecule has 0 aliphatic rings. The molecule has 1 atom stereocenters.